The molecule has 1 amide bonds. The Morgan fingerprint density at radius 2 is 2.05 bits per heavy atom. The number of anilines is 1. The summed E-state index contributed by atoms with van der Waals surface area (Å²) in [5.74, 6) is -0.752. The maximum atomic E-state index is 13.1. The molecule has 5 heteroatoms. The molecule has 0 unspecified atom stereocenters. The summed E-state index contributed by atoms with van der Waals surface area (Å²) in [4.78, 5) is 12.0. The molecule has 0 radical (unpaired) electrons. The lowest BCUT2D eigenvalue weighted by molar-refractivity contribution is 0.102. The van der Waals surface area contributed by atoms with E-state index >= 15 is 0 Å². The van der Waals surface area contributed by atoms with Crippen molar-refractivity contribution in [2.45, 2.75) is 6.92 Å². The number of carbonyl (C=O) groups excluding carboxylic acids is 1. The van der Waals surface area contributed by atoms with Gasteiger partial charge in [0.25, 0.3) is 5.91 Å². The van der Waals surface area contributed by atoms with Crippen LogP contribution in [-0.4, -0.2) is 5.91 Å². The fourth-order valence-corrected chi connectivity index (χ4v) is 2.13. The molecule has 2 rings (SSSR count). The highest BCUT2D eigenvalue weighted by Gasteiger charge is 2.11. The van der Waals surface area contributed by atoms with Crippen LogP contribution in [0.2, 0.25) is 5.02 Å². The summed E-state index contributed by atoms with van der Waals surface area (Å²) in [6.45, 7) is 1.85. The van der Waals surface area contributed by atoms with Crippen LogP contribution >= 0.6 is 27.5 Å². The normalized spacial score (nSPS) is 10.3. The number of aryl methyl sites for hydroxylation is 1. The van der Waals surface area contributed by atoms with Gasteiger partial charge in [-0.25, -0.2) is 4.39 Å². The minimum atomic E-state index is -0.412. The summed E-state index contributed by atoms with van der Waals surface area (Å²) in [6.07, 6.45) is 0. The molecule has 1 N–H and O–H groups in total. The molecule has 0 aliphatic rings. The van der Waals surface area contributed by atoms with E-state index in [-0.39, 0.29) is 10.4 Å². The van der Waals surface area contributed by atoms with Gasteiger partial charge in [-0.3, -0.25) is 4.79 Å². The largest absolute Gasteiger partial charge is 0.321 e. The molecule has 98 valence electrons. The molecular formula is C14H10BrClFNO. The topological polar surface area (TPSA) is 29.1 Å². The molecule has 0 aromatic heterocycles. The number of benzene rings is 2. The third-order valence-electron chi connectivity index (χ3n) is 2.62. The van der Waals surface area contributed by atoms with Crippen molar-refractivity contribution < 1.29 is 9.18 Å². The second kappa shape index (κ2) is 5.72. The van der Waals surface area contributed by atoms with Crippen molar-refractivity contribution >= 4 is 39.1 Å². The first kappa shape index (κ1) is 14.0. The number of rotatable bonds is 2. The molecule has 0 bridgehead atoms. The maximum absolute atomic E-state index is 13.1. The third-order valence-corrected chi connectivity index (χ3v) is 3.73. The molecule has 0 atom stereocenters. The molecule has 0 heterocycles. The van der Waals surface area contributed by atoms with Crippen LogP contribution in [-0.2, 0) is 0 Å². The second-order valence-electron chi connectivity index (χ2n) is 4.02. The first-order chi connectivity index (χ1) is 8.99. The van der Waals surface area contributed by atoms with Crippen molar-refractivity contribution in [2.75, 3.05) is 5.32 Å². The summed E-state index contributed by atoms with van der Waals surface area (Å²) in [6, 6.07) is 9.44. The van der Waals surface area contributed by atoms with Crippen LogP contribution in [0.15, 0.2) is 40.9 Å². The highest BCUT2D eigenvalue weighted by molar-refractivity contribution is 9.10. The van der Waals surface area contributed by atoms with Crippen molar-refractivity contribution in [2.24, 2.45) is 0 Å². The van der Waals surface area contributed by atoms with E-state index in [2.05, 4.69) is 21.2 Å². The van der Waals surface area contributed by atoms with Gasteiger partial charge in [-0.2, -0.15) is 0 Å². The Bertz CT molecular complexity index is 645. The molecule has 2 aromatic rings. The van der Waals surface area contributed by atoms with E-state index in [4.69, 9.17) is 11.6 Å². The molecule has 2 nitrogen and oxygen atoms in total. The summed E-state index contributed by atoms with van der Waals surface area (Å²) in [7, 11) is 0. The van der Waals surface area contributed by atoms with Gasteiger partial charge in [-0.05, 0) is 52.7 Å². The van der Waals surface area contributed by atoms with E-state index in [1.54, 1.807) is 12.1 Å². The van der Waals surface area contributed by atoms with E-state index in [1.165, 1.54) is 18.2 Å². The van der Waals surface area contributed by atoms with E-state index in [1.807, 2.05) is 13.0 Å². The van der Waals surface area contributed by atoms with Crippen molar-refractivity contribution in [3.05, 3.63) is 62.8 Å². The Hall–Kier alpha value is -1.39. The molecule has 2 aromatic carbocycles. The van der Waals surface area contributed by atoms with Crippen LogP contribution in [0.1, 0.15) is 15.9 Å². The Morgan fingerprint density at radius 3 is 2.74 bits per heavy atom. The van der Waals surface area contributed by atoms with Crippen LogP contribution in [0, 0.1) is 12.7 Å². The fourth-order valence-electron chi connectivity index (χ4n) is 1.58. The van der Waals surface area contributed by atoms with Gasteiger partial charge in [-0.15, -0.1) is 0 Å². The first-order valence-corrected chi connectivity index (χ1v) is 6.67. The van der Waals surface area contributed by atoms with Gasteiger partial charge >= 0.3 is 0 Å². The molecule has 19 heavy (non-hydrogen) atoms. The Labute approximate surface area is 123 Å². The molecule has 0 aliphatic carbocycles. The fraction of sp³-hybridized carbons (Fsp3) is 0.0714. The van der Waals surface area contributed by atoms with Crippen molar-refractivity contribution in [3.8, 4) is 0 Å². The molecular weight excluding hydrogens is 333 g/mol. The quantitative estimate of drug-likeness (QED) is 0.834. The van der Waals surface area contributed by atoms with Gasteiger partial charge in [0.05, 0.1) is 15.2 Å². The average Bonchev–Trinajstić information content (AvgIpc) is 2.38. The van der Waals surface area contributed by atoms with Gasteiger partial charge in [0, 0.05) is 5.56 Å². The molecule has 0 fully saturated rings. The third kappa shape index (κ3) is 3.14. The molecule has 0 spiro atoms. The predicted molar refractivity (Wildman–Crippen MR) is 78.2 cm³/mol. The van der Waals surface area contributed by atoms with E-state index in [0.717, 1.165) is 5.56 Å². The second-order valence-corrected chi connectivity index (χ2v) is 5.25. The summed E-state index contributed by atoms with van der Waals surface area (Å²) in [5, 5.41) is 3.20. The van der Waals surface area contributed by atoms with Crippen LogP contribution in [0.5, 0.6) is 0 Å². The van der Waals surface area contributed by atoms with Gasteiger partial charge in [0.15, 0.2) is 0 Å². The monoisotopic (exact) mass is 341 g/mol. The number of amides is 1. The van der Waals surface area contributed by atoms with Gasteiger partial charge in [-0.1, -0.05) is 23.7 Å². The van der Waals surface area contributed by atoms with Crippen LogP contribution in [0.4, 0.5) is 10.1 Å². The standard InChI is InChI=1S/C14H10BrClFNO/c1-8-3-2-4-12(13(8)16)18-14(19)9-5-6-11(17)10(15)7-9/h2-7H,1H3,(H,18,19). The van der Waals surface area contributed by atoms with Crippen LogP contribution in [0.3, 0.4) is 0 Å². The first-order valence-electron chi connectivity index (χ1n) is 5.50. The van der Waals surface area contributed by atoms with E-state index < -0.39 is 5.82 Å². The zero-order chi connectivity index (χ0) is 14.0. The molecule has 0 aliphatic heterocycles. The van der Waals surface area contributed by atoms with Crippen molar-refractivity contribution in [1.82, 2.24) is 0 Å². The lowest BCUT2D eigenvalue weighted by atomic mass is 10.2. The SMILES string of the molecule is Cc1cccc(NC(=O)c2ccc(F)c(Br)c2)c1Cl. The van der Waals surface area contributed by atoms with E-state index in [9.17, 15) is 9.18 Å². The maximum Gasteiger partial charge on any atom is 0.255 e. The number of halogens is 3. The minimum Gasteiger partial charge on any atom is -0.321 e. The zero-order valence-electron chi connectivity index (χ0n) is 10.0. The van der Waals surface area contributed by atoms with Gasteiger partial charge in [0.1, 0.15) is 5.82 Å². The van der Waals surface area contributed by atoms with E-state index in [0.29, 0.717) is 16.3 Å². The highest BCUT2D eigenvalue weighted by atomic mass is 79.9. The highest BCUT2D eigenvalue weighted by Crippen LogP contribution is 2.26. The minimum absolute atomic E-state index is 0.246. The lowest BCUT2D eigenvalue weighted by Crippen LogP contribution is -2.12. The predicted octanol–water partition coefficient (Wildman–Crippen LogP) is 4.80. The van der Waals surface area contributed by atoms with Crippen LogP contribution < -0.4 is 5.32 Å². The van der Waals surface area contributed by atoms with Crippen molar-refractivity contribution in [3.63, 3.8) is 0 Å². The summed E-state index contributed by atoms with van der Waals surface area (Å²) in [5.41, 5.74) is 1.76. The van der Waals surface area contributed by atoms with Crippen molar-refractivity contribution in [1.29, 1.82) is 0 Å². The number of nitrogens with one attached hydrogen (secondary N) is 1. The summed E-state index contributed by atoms with van der Waals surface area (Å²) < 4.78 is 13.4. The smallest absolute Gasteiger partial charge is 0.255 e. The number of carbonyl (C=O) groups is 1. The Morgan fingerprint density at radius 1 is 1.32 bits per heavy atom. The van der Waals surface area contributed by atoms with Crippen LogP contribution in [0.25, 0.3) is 0 Å². The zero-order valence-corrected chi connectivity index (χ0v) is 12.3. The lowest BCUT2D eigenvalue weighted by Gasteiger charge is -2.09. The molecule has 0 saturated carbocycles. The Kier molecular flexibility index (Phi) is 4.22. The number of hydrogen-bond acceptors (Lipinski definition) is 1. The van der Waals surface area contributed by atoms with Gasteiger partial charge in [0.2, 0.25) is 0 Å². The summed E-state index contributed by atoms with van der Waals surface area (Å²) >= 11 is 9.14. The average molecular weight is 343 g/mol. The Balaban J connectivity index is 2.26. The molecule has 0 saturated heterocycles. The van der Waals surface area contributed by atoms with Gasteiger partial charge < -0.3 is 5.32 Å². The number of hydrogen-bond donors (Lipinski definition) is 1.